The summed E-state index contributed by atoms with van der Waals surface area (Å²) in [5.41, 5.74) is 2.21. The van der Waals surface area contributed by atoms with Crippen molar-refractivity contribution in [3.8, 4) is 11.5 Å². The minimum absolute atomic E-state index is 0.0797. The molecule has 2 aliphatic heterocycles. The zero-order valence-electron chi connectivity index (χ0n) is 17.3. The summed E-state index contributed by atoms with van der Waals surface area (Å²) in [7, 11) is 3.29. The topological polar surface area (TPSA) is 42.0 Å². The number of carbonyl (C=O) groups excluding carboxylic acids is 1. The molecule has 0 spiro atoms. The van der Waals surface area contributed by atoms with Crippen LogP contribution in [0, 0.1) is 0 Å². The second-order valence-corrected chi connectivity index (χ2v) is 7.86. The van der Waals surface area contributed by atoms with E-state index >= 15 is 0 Å². The minimum atomic E-state index is -0.195. The van der Waals surface area contributed by atoms with Crippen LogP contribution in [0.2, 0.25) is 0 Å². The maximum atomic E-state index is 13.8. The highest BCUT2D eigenvalue weighted by Gasteiger charge is 2.38. The van der Waals surface area contributed by atoms with Crippen LogP contribution in [0.3, 0.4) is 0 Å². The van der Waals surface area contributed by atoms with Gasteiger partial charge in [0, 0.05) is 6.54 Å². The molecule has 5 nitrogen and oxygen atoms in total. The maximum absolute atomic E-state index is 13.8. The van der Waals surface area contributed by atoms with E-state index in [9.17, 15) is 4.79 Å². The maximum Gasteiger partial charge on any atom is 0.245 e. The Balaban J connectivity index is 1.63. The van der Waals surface area contributed by atoms with Crippen molar-refractivity contribution in [2.24, 2.45) is 0 Å². The summed E-state index contributed by atoms with van der Waals surface area (Å²) in [5, 5.41) is 0. The lowest BCUT2D eigenvalue weighted by atomic mass is 10.0. The fourth-order valence-electron chi connectivity index (χ4n) is 4.74. The Hall–Kier alpha value is -2.53. The van der Waals surface area contributed by atoms with Gasteiger partial charge in [-0.05, 0) is 62.0 Å². The van der Waals surface area contributed by atoms with E-state index in [2.05, 4.69) is 28.0 Å². The molecule has 154 valence electrons. The van der Waals surface area contributed by atoms with Gasteiger partial charge >= 0.3 is 0 Å². The van der Waals surface area contributed by atoms with Crippen LogP contribution in [0.1, 0.15) is 48.9 Å². The van der Waals surface area contributed by atoms with Crippen LogP contribution < -0.4 is 9.47 Å². The van der Waals surface area contributed by atoms with Crippen LogP contribution in [-0.4, -0.2) is 49.6 Å². The van der Waals surface area contributed by atoms with Crippen molar-refractivity contribution in [3.63, 3.8) is 0 Å². The van der Waals surface area contributed by atoms with Gasteiger partial charge in [0.05, 0.1) is 20.3 Å². The molecule has 29 heavy (non-hydrogen) atoms. The van der Waals surface area contributed by atoms with E-state index in [0.717, 1.165) is 56.4 Å². The Morgan fingerprint density at radius 2 is 1.66 bits per heavy atom. The zero-order chi connectivity index (χ0) is 20.2. The van der Waals surface area contributed by atoms with Crippen LogP contribution >= 0.6 is 0 Å². The van der Waals surface area contributed by atoms with Gasteiger partial charge in [-0.2, -0.15) is 0 Å². The molecule has 2 aromatic carbocycles. The van der Waals surface area contributed by atoms with Crippen molar-refractivity contribution in [2.75, 3.05) is 33.9 Å². The van der Waals surface area contributed by atoms with E-state index in [-0.39, 0.29) is 18.0 Å². The lowest BCUT2D eigenvalue weighted by molar-refractivity contribution is -0.138. The first kappa shape index (κ1) is 19.8. The summed E-state index contributed by atoms with van der Waals surface area (Å²) in [6, 6.07) is 16.1. The number of ether oxygens (including phenoxy) is 2. The minimum Gasteiger partial charge on any atom is -0.493 e. The summed E-state index contributed by atoms with van der Waals surface area (Å²) in [6.07, 6.45) is 4.32. The van der Waals surface area contributed by atoms with Crippen LogP contribution in [-0.2, 0) is 4.79 Å². The second kappa shape index (κ2) is 8.87. The lowest BCUT2D eigenvalue weighted by Gasteiger charge is -2.34. The molecule has 0 radical (unpaired) electrons. The highest BCUT2D eigenvalue weighted by Crippen LogP contribution is 2.39. The fourth-order valence-corrected chi connectivity index (χ4v) is 4.74. The normalized spacial score (nSPS) is 20.6. The number of likely N-dealkylation sites (tertiary alicyclic amines) is 2. The van der Waals surface area contributed by atoms with Crippen LogP contribution in [0.4, 0.5) is 0 Å². The van der Waals surface area contributed by atoms with Crippen LogP contribution in [0.25, 0.3) is 0 Å². The first-order valence-electron chi connectivity index (χ1n) is 10.5. The number of hydrogen-bond donors (Lipinski definition) is 0. The summed E-state index contributed by atoms with van der Waals surface area (Å²) in [5.74, 6) is 1.64. The third kappa shape index (κ3) is 3.97. The molecule has 0 aromatic heterocycles. The Morgan fingerprint density at radius 3 is 2.34 bits per heavy atom. The van der Waals surface area contributed by atoms with Crippen molar-refractivity contribution < 1.29 is 14.3 Å². The van der Waals surface area contributed by atoms with Crippen molar-refractivity contribution >= 4 is 5.91 Å². The second-order valence-electron chi connectivity index (χ2n) is 7.86. The Kier molecular flexibility index (Phi) is 6.05. The number of benzene rings is 2. The number of rotatable bonds is 6. The van der Waals surface area contributed by atoms with Gasteiger partial charge in [0.1, 0.15) is 6.04 Å². The summed E-state index contributed by atoms with van der Waals surface area (Å²) >= 11 is 0. The van der Waals surface area contributed by atoms with Crippen molar-refractivity contribution in [2.45, 2.75) is 37.8 Å². The van der Waals surface area contributed by atoms with Gasteiger partial charge in [-0.3, -0.25) is 9.69 Å². The van der Waals surface area contributed by atoms with E-state index in [1.165, 1.54) is 0 Å². The smallest absolute Gasteiger partial charge is 0.245 e. The van der Waals surface area contributed by atoms with Gasteiger partial charge in [0.2, 0.25) is 5.91 Å². The molecule has 0 saturated carbocycles. The van der Waals surface area contributed by atoms with Crippen LogP contribution in [0.5, 0.6) is 11.5 Å². The van der Waals surface area contributed by atoms with E-state index < -0.39 is 0 Å². The summed E-state index contributed by atoms with van der Waals surface area (Å²) in [4.78, 5) is 18.3. The largest absolute Gasteiger partial charge is 0.493 e. The van der Waals surface area contributed by atoms with Gasteiger partial charge < -0.3 is 14.4 Å². The van der Waals surface area contributed by atoms with E-state index in [0.29, 0.717) is 11.5 Å². The number of carbonyl (C=O) groups is 1. The molecule has 2 heterocycles. The molecule has 0 aliphatic carbocycles. The Morgan fingerprint density at radius 1 is 0.931 bits per heavy atom. The van der Waals surface area contributed by atoms with Gasteiger partial charge in [-0.15, -0.1) is 0 Å². The van der Waals surface area contributed by atoms with E-state index in [1.54, 1.807) is 14.2 Å². The molecule has 0 unspecified atom stereocenters. The molecular weight excluding hydrogens is 364 g/mol. The molecule has 5 heteroatoms. The quantitative estimate of drug-likeness (QED) is 0.736. The first-order chi connectivity index (χ1) is 14.2. The Bertz CT molecular complexity index is 833. The fraction of sp³-hybridized carbons (Fsp3) is 0.458. The number of amides is 1. The van der Waals surface area contributed by atoms with Gasteiger partial charge in [0.15, 0.2) is 11.5 Å². The molecule has 1 amide bonds. The van der Waals surface area contributed by atoms with E-state index in [4.69, 9.17) is 9.47 Å². The predicted octanol–water partition coefficient (Wildman–Crippen LogP) is 4.20. The molecule has 2 atom stereocenters. The van der Waals surface area contributed by atoms with Gasteiger partial charge in [-0.1, -0.05) is 36.4 Å². The zero-order valence-corrected chi connectivity index (χ0v) is 17.3. The molecule has 2 aliphatic rings. The molecule has 2 fully saturated rings. The van der Waals surface area contributed by atoms with Crippen molar-refractivity contribution in [1.82, 2.24) is 9.80 Å². The van der Waals surface area contributed by atoms with Crippen LogP contribution in [0.15, 0.2) is 48.5 Å². The summed E-state index contributed by atoms with van der Waals surface area (Å²) < 4.78 is 10.9. The molecular formula is C24H30N2O3. The van der Waals surface area contributed by atoms with Crippen molar-refractivity contribution in [1.29, 1.82) is 0 Å². The SMILES string of the molecule is COc1ccc([C@@H]2CCCN2C(=O)[C@H](c2ccccc2)N2CCCC2)cc1OC. The van der Waals surface area contributed by atoms with Gasteiger partial charge in [0.25, 0.3) is 0 Å². The average Bonchev–Trinajstić information content (AvgIpc) is 3.46. The number of methoxy groups -OCH3 is 2. The lowest BCUT2D eigenvalue weighted by Crippen LogP contribution is -2.42. The van der Waals surface area contributed by atoms with Crippen molar-refractivity contribution in [3.05, 3.63) is 59.7 Å². The number of hydrogen-bond acceptors (Lipinski definition) is 4. The molecule has 0 bridgehead atoms. The standard InChI is InChI=1S/C24H30N2O3/c1-28-21-13-12-19(17-22(21)29-2)20-11-8-16-26(20)24(27)23(25-14-6-7-15-25)18-9-4-3-5-10-18/h3-5,9-10,12-13,17,20,23H,6-8,11,14-16H2,1-2H3/t20-,23-/m0/s1. The van der Waals surface area contributed by atoms with Gasteiger partial charge in [-0.25, -0.2) is 0 Å². The average molecular weight is 395 g/mol. The third-order valence-corrected chi connectivity index (χ3v) is 6.18. The predicted molar refractivity (Wildman–Crippen MR) is 113 cm³/mol. The number of nitrogens with zero attached hydrogens (tertiary/aromatic N) is 2. The molecule has 0 N–H and O–H groups in total. The third-order valence-electron chi connectivity index (χ3n) is 6.18. The molecule has 2 saturated heterocycles. The molecule has 2 aromatic rings. The molecule has 4 rings (SSSR count). The monoisotopic (exact) mass is 394 g/mol. The Labute approximate surface area is 173 Å². The van der Waals surface area contributed by atoms with E-state index in [1.807, 2.05) is 30.3 Å². The first-order valence-corrected chi connectivity index (χ1v) is 10.5. The highest BCUT2D eigenvalue weighted by molar-refractivity contribution is 5.84. The highest BCUT2D eigenvalue weighted by atomic mass is 16.5. The summed E-state index contributed by atoms with van der Waals surface area (Å²) in [6.45, 7) is 2.77.